The number of nitrogens with two attached hydrogens (primary N) is 1. The Morgan fingerprint density at radius 2 is 2.33 bits per heavy atom. The van der Waals surface area contributed by atoms with E-state index in [1.54, 1.807) is 12.3 Å². The Hall–Kier alpha value is -1.29. The van der Waals surface area contributed by atoms with Gasteiger partial charge in [-0.1, -0.05) is 0 Å². The molecule has 0 saturated heterocycles. The van der Waals surface area contributed by atoms with Gasteiger partial charge in [0, 0.05) is 11.4 Å². The summed E-state index contributed by atoms with van der Waals surface area (Å²) in [5, 5.41) is 8.02. The zero-order valence-electron chi connectivity index (χ0n) is 9.67. The van der Waals surface area contributed by atoms with Crippen molar-refractivity contribution in [2.45, 2.75) is 24.9 Å². The normalized spacial score (nSPS) is 11.9. The van der Waals surface area contributed by atoms with Crippen molar-refractivity contribution >= 4 is 21.4 Å². The summed E-state index contributed by atoms with van der Waals surface area (Å²) in [6.07, 6.45) is 1.32. The first kappa shape index (κ1) is 13.1. The highest BCUT2D eigenvalue weighted by Crippen LogP contribution is 2.26. The second-order valence-corrected chi connectivity index (χ2v) is 6.30. The Balaban J connectivity index is 2.22. The number of nitrogens with one attached hydrogen (secondary N) is 2. The van der Waals surface area contributed by atoms with E-state index in [4.69, 9.17) is 5.73 Å². The second kappa shape index (κ2) is 5.14. The lowest BCUT2D eigenvalue weighted by atomic mass is 10.3. The van der Waals surface area contributed by atoms with Gasteiger partial charge in [-0.25, -0.2) is 18.1 Å². The number of nitrogens with zero attached hydrogens (tertiary/aromatic N) is 2. The molecule has 9 heteroatoms. The lowest BCUT2D eigenvalue weighted by Gasteiger charge is -2.07. The number of hydrogen-bond donors (Lipinski definition) is 3. The van der Waals surface area contributed by atoms with Crippen LogP contribution in [0.15, 0.2) is 16.6 Å². The fraction of sp³-hybridized carbons (Fsp3) is 0.333. The van der Waals surface area contributed by atoms with Crippen LogP contribution in [-0.4, -0.2) is 23.6 Å². The Labute approximate surface area is 108 Å². The summed E-state index contributed by atoms with van der Waals surface area (Å²) >= 11 is 1.35. The monoisotopic (exact) mass is 287 g/mol. The first-order valence-corrected chi connectivity index (χ1v) is 7.52. The Morgan fingerprint density at radius 1 is 1.56 bits per heavy atom. The van der Waals surface area contributed by atoms with E-state index in [1.807, 2.05) is 0 Å². The largest absolute Gasteiger partial charge is 0.326 e. The molecule has 2 heterocycles. The van der Waals surface area contributed by atoms with Gasteiger partial charge in [-0.3, -0.25) is 5.10 Å². The third-order valence-electron chi connectivity index (χ3n) is 2.34. The van der Waals surface area contributed by atoms with Crippen molar-refractivity contribution in [3.63, 3.8) is 0 Å². The topological polar surface area (TPSA) is 114 Å². The van der Waals surface area contributed by atoms with Gasteiger partial charge in [0.2, 0.25) is 10.0 Å². The molecule has 0 bridgehead atoms. The fourth-order valence-corrected chi connectivity index (χ4v) is 4.23. The van der Waals surface area contributed by atoms with E-state index in [2.05, 4.69) is 19.9 Å². The highest BCUT2D eigenvalue weighted by molar-refractivity contribution is 7.89. The van der Waals surface area contributed by atoms with Crippen LogP contribution in [0.5, 0.6) is 0 Å². The predicted octanol–water partition coefficient (Wildman–Crippen LogP) is 0.112. The first-order chi connectivity index (χ1) is 8.54. The standard InChI is InChI=1S/C9H13N5O2S2/c1-6-4-17-7(2-10)9(6)18(15,16)13-3-8-11-5-12-14-8/h4-5,13H,2-3,10H2,1H3,(H,11,12,14). The molecule has 2 aromatic rings. The zero-order valence-corrected chi connectivity index (χ0v) is 11.3. The molecule has 7 nitrogen and oxygen atoms in total. The molecule has 0 saturated carbocycles. The molecule has 0 aliphatic rings. The number of thiophene rings is 1. The maximum absolute atomic E-state index is 12.2. The van der Waals surface area contributed by atoms with E-state index in [0.29, 0.717) is 16.3 Å². The molecule has 0 unspecified atom stereocenters. The van der Waals surface area contributed by atoms with E-state index in [1.165, 1.54) is 17.7 Å². The molecular weight excluding hydrogens is 274 g/mol. The smallest absolute Gasteiger partial charge is 0.242 e. The van der Waals surface area contributed by atoms with Crippen LogP contribution in [-0.2, 0) is 23.1 Å². The summed E-state index contributed by atoms with van der Waals surface area (Å²) in [7, 11) is -3.57. The van der Waals surface area contributed by atoms with Crippen LogP contribution in [0.3, 0.4) is 0 Å². The van der Waals surface area contributed by atoms with Gasteiger partial charge in [0.05, 0.1) is 6.54 Å². The number of aromatic amines is 1. The molecule has 0 aromatic carbocycles. The van der Waals surface area contributed by atoms with Gasteiger partial charge in [-0.2, -0.15) is 5.10 Å². The molecule has 0 atom stereocenters. The van der Waals surface area contributed by atoms with Gasteiger partial charge in [-0.05, 0) is 17.9 Å². The van der Waals surface area contributed by atoms with Crippen LogP contribution in [0, 0.1) is 6.92 Å². The van der Waals surface area contributed by atoms with Gasteiger partial charge in [0.25, 0.3) is 0 Å². The molecule has 18 heavy (non-hydrogen) atoms. The van der Waals surface area contributed by atoms with Crippen LogP contribution in [0.4, 0.5) is 0 Å². The van der Waals surface area contributed by atoms with Crippen molar-refractivity contribution < 1.29 is 8.42 Å². The SMILES string of the molecule is Cc1csc(CN)c1S(=O)(=O)NCc1ncn[nH]1. The van der Waals surface area contributed by atoms with E-state index in [-0.39, 0.29) is 18.0 Å². The summed E-state index contributed by atoms with van der Waals surface area (Å²) < 4.78 is 26.8. The van der Waals surface area contributed by atoms with Crippen molar-refractivity contribution in [1.29, 1.82) is 0 Å². The summed E-state index contributed by atoms with van der Waals surface area (Å²) in [5.41, 5.74) is 6.24. The maximum atomic E-state index is 12.2. The van der Waals surface area contributed by atoms with Crippen LogP contribution in [0.1, 0.15) is 16.3 Å². The molecule has 0 fully saturated rings. The maximum Gasteiger partial charge on any atom is 0.242 e. The Bertz CT molecular complexity index is 617. The molecule has 0 spiro atoms. The zero-order chi connectivity index (χ0) is 13.2. The minimum Gasteiger partial charge on any atom is -0.326 e. The van der Waals surface area contributed by atoms with Gasteiger partial charge in [0.15, 0.2) is 0 Å². The van der Waals surface area contributed by atoms with E-state index >= 15 is 0 Å². The average Bonchev–Trinajstić information content (AvgIpc) is 2.95. The number of rotatable bonds is 5. The van der Waals surface area contributed by atoms with Crippen LogP contribution >= 0.6 is 11.3 Å². The molecule has 0 aliphatic carbocycles. The van der Waals surface area contributed by atoms with Crippen molar-refractivity contribution in [3.05, 3.63) is 28.0 Å². The van der Waals surface area contributed by atoms with Crippen molar-refractivity contribution in [1.82, 2.24) is 19.9 Å². The minimum absolute atomic E-state index is 0.0711. The van der Waals surface area contributed by atoms with Gasteiger partial charge >= 0.3 is 0 Å². The second-order valence-electron chi connectivity index (χ2n) is 3.63. The third kappa shape index (κ3) is 2.58. The number of sulfonamides is 1. The molecule has 2 aromatic heterocycles. The number of hydrogen-bond acceptors (Lipinski definition) is 6. The molecule has 0 amide bonds. The summed E-state index contributed by atoms with van der Waals surface area (Å²) in [5.74, 6) is 0.459. The van der Waals surface area contributed by atoms with E-state index in [9.17, 15) is 8.42 Å². The fourth-order valence-electron chi connectivity index (χ4n) is 1.54. The lowest BCUT2D eigenvalue weighted by Crippen LogP contribution is -2.25. The number of aromatic nitrogens is 3. The third-order valence-corrected chi connectivity index (χ3v) is 5.22. The van der Waals surface area contributed by atoms with E-state index < -0.39 is 10.0 Å². The molecule has 98 valence electrons. The lowest BCUT2D eigenvalue weighted by molar-refractivity contribution is 0.578. The number of aryl methyl sites for hydroxylation is 1. The molecule has 2 rings (SSSR count). The molecule has 4 N–H and O–H groups in total. The summed E-state index contributed by atoms with van der Waals surface area (Å²) in [4.78, 5) is 4.77. The molecule has 0 radical (unpaired) electrons. The first-order valence-electron chi connectivity index (χ1n) is 5.15. The van der Waals surface area contributed by atoms with Gasteiger partial charge < -0.3 is 5.73 Å². The molecular formula is C9H13N5O2S2. The van der Waals surface area contributed by atoms with Crippen molar-refractivity contribution in [2.75, 3.05) is 0 Å². The average molecular weight is 287 g/mol. The highest BCUT2D eigenvalue weighted by atomic mass is 32.2. The highest BCUT2D eigenvalue weighted by Gasteiger charge is 2.22. The summed E-state index contributed by atoms with van der Waals surface area (Å²) in [6.45, 7) is 2.03. The quantitative estimate of drug-likeness (QED) is 0.722. The number of H-pyrrole nitrogens is 1. The van der Waals surface area contributed by atoms with Crippen LogP contribution < -0.4 is 10.5 Å². The molecule has 0 aliphatic heterocycles. The summed E-state index contributed by atoms with van der Waals surface area (Å²) in [6, 6.07) is 0. The van der Waals surface area contributed by atoms with Gasteiger partial charge in [0.1, 0.15) is 17.0 Å². The minimum atomic E-state index is -3.57. The van der Waals surface area contributed by atoms with Gasteiger partial charge in [-0.15, -0.1) is 11.3 Å². The van der Waals surface area contributed by atoms with Crippen LogP contribution in [0.25, 0.3) is 0 Å². The van der Waals surface area contributed by atoms with E-state index in [0.717, 1.165) is 0 Å². The Morgan fingerprint density at radius 3 is 2.94 bits per heavy atom. The predicted molar refractivity (Wildman–Crippen MR) is 67.4 cm³/mol. The van der Waals surface area contributed by atoms with Crippen LogP contribution in [0.2, 0.25) is 0 Å². The van der Waals surface area contributed by atoms with Crippen molar-refractivity contribution in [2.24, 2.45) is 5.73 Å². The van der Waals surface area contributed by atoms with Crippen molar-refractivity contribution in [3.8, 4) is 0 Å². The Kier molecular flexibility index (Phi) is 3.76.